The normalized spacial score (nSPS) is 29.5. The number of anilines is 1. The van der Waals surface area contributed by atoms with Gasteiger partial charge in [-0.3, -0.25) is 0 Å². The van der Waals surface area contributed by atoms with E-state index in [1.54, 1.807) is 6.33 Å². The Balaban J connectivity index is 1.35. The summed E-state index contributed by atoms with van der Waals surface area (Å²) in [5.74, 6) is 1.07. The Kier molecular flexibility index (Phi) is 4.70. The number of hydrogen-bond acceptors (Lipinski definition) is 6. The molecule has 2 aliphatic heterocycles. The Labute approximate surface area is 143 Å². The molecule has 1 atom stereocenters. The fourth-order valence-corrected chi connectivity index (χ4v) is 4.20. The van der Waals surface area contributed by atoms with Crippen LogP contribution >= 0.6 is 0 Å². The van der Waals surface area contributed by atoms with Crippen LogP contribution < -0.4 is 4.90 Å². The minimum absolute atomic E-state index is 0.488. The van der Waals surface area contributed by atoms with Gasteiger partial charge < -0.3 is 19.6 Å². The minimum Gasteiger partial charge on any atom is -0.386 e. The first-order valence-electron chi connectivity index (χ1n) is 9.30. The maximum atomic E-state index is 10.7. The Morgan fingerprint density at radius 3 is 2.67 bits per heavy atom. The van der Waals surface area contributed by atoms with Crippen LogP contribution in [0.3, 0.4) is 0 Å². The van der Waals surface area contributed by atoms with Gasteiger partial charge in [0.15, 0.2) is 0 Å². The van der Waals surface area contributed by atoms with Crippen LogP contribution in [0.15, 0.2) is 18.6 Å². The van der Waals surface area contributed by atoms with Crippen LogP contribution in [0, 0.1) is 0 Å². The first-order chi connectivity index (χ1) is 11.7. The number of ether oxygens (including phenoxy) is 1. The predicted octanol–water partition coefficient (Wildman–Crippen LogP) is 1.45. The highest BCUT2D eigenvalue weighted by atomic mass is 16.5. The maximum absolute atomic E-state index is 10.7. The molecule has 1 saturated carbocycles. The molecule has 3 fully saturated rings. The van der Waals surface area contributed by atoms with E-state index in [4.69, 9.17) is 4.74 Å². The van der Waals surface area contributed by atoms with Crippen LogP contribution in [0.25, 0.3) is 0 Å². The number of rotatable bonds is 5. The van der Waals surface area contributed by atoms with E-state index in [1.165, 1.54) is 12.8 Å². The van der Waals surface area contributed by atoms with Gasteiger partial charge in [0.1, 0.15) is 17.7 Å². The number of nitrogens with zero attached hydrogens (tertiary/aromatic N) is 4. The van der Waals surface area contributed by atoms with Crippen molar-refractivity contribution in [1.29, 1.82) is 0 Å². The molecule has 0 amide bonds. The Morgan fingerprint density at radius 1 is 1.25 bits per heavy atom. The van der Waals surface area contributed by atoms with Crippen molar-refractivity contribution in [2.24, 2.45) is 0 Å². The largest absolute Gasteiger partial charge is 0.386 e. The maximum Gasteiger partial charge on any atom is 0.132 e. The zero-order valence-corrected chi connectivity index (χ0v) is 14.3. The molecular formula is C18H28N4O2. The number of hydrogen-bond donors (Lipinski definition) is 1. The van der Waals surface area contributed by atoms with Crippen LogP contribution in [0.4, 0.5) is 5.82 Å². The molecule has 0 aromatic carbocycles. The first-order valence-corrected chi connectivity index (χ1v) is 9.30. The van der Waals surface area contributed by atoms with Crippen LogP contribution in [0.1, 0.15) is 38.5 Å². The zero-order chi connectivity index (χ0) is 16.4. The second-order valence-corrected chi connectivity index (χ2v) is 7.59. The van der Waals surface area contributed by atoms with Crippen molar-refractivity contribution in [3.8, 4) is 0 Å². The van der Waals surface area contributed by atoms with E-state index in [-0.39, 0.29) is 0 Å². The third kappa shape index (κ3) is 3.71. The molecule has 132 valence electrons. The lowest BCUT2D eigenvalue weighted by atomic mass is 9.94. The molecule has 3 heterocycles. The summed E-state index contributed by atoms with van der Waals surface area (Å²) in [6.07, 6.45) is 10.2. The van der Waals surface area contributed by atoms with Gasteiger partial charge in [-0.05, 0) is 44.6 Å². The fraction of sp³-hybridized carbons (Fsp3) is 0.778. The minimum atomic E-state index is -0.645. The lowest BCUT2D eigenvalue weighted by Gasteiger charge is -2.42. The molecule has 24 heavy (non-hydrogen) atoms. The van der Waals surface area contributed by atoms with Crippen LogP contribution in [-0.4, -0.2) is 70.5 Å². The highest BCUT2D eigenvalue weighted by Gasteiger charge is 2.38. The highest BCUT2D eigenvalue weighted by molar-refractivity contribution is 5.41. The van der Waals surface area contributed by atoms with Crippen molar-refractivity contribution in [1.82, 2.24) is 14.9 Å². The predicted molar refractivity (Wildman–Crippen MR) is 92.0 cm³/mol. The zero-order valence-electron chi connectivity index (χ0n) is 14.3. The van der Waals surface area contributed by atoms with Gasteiger partial charge in [0.25, 0.3) is 0 Å². The van der Waals surface area contributed by atoms with E-state index in [2.05, 4.69) is 19.8 Å². The Morgan fingerprint density at radius 2 is 2.04 bits per heavy atom. The van der Waals surface area contributed by atoms with Gasteiger partial charge in [0.05, 0.1) is 6.61 Å². The number of piperidine rings is 1. The molecule has 3 aliphatic rings. The van der Waals surface area contributed by atoms with Gasteiger partial charge in [0, 0.05) is 44.5 Å². The third-order valence-corrected chi connectivity index (χ3v) is 5.54. The summed E-state index contributed by atoms with van der Waals surface area (Å²) in [6.45, 7) is 4.11. The van der Waals surface area contributed by atoms with E-state index < -0.39 is 5.60 Å². The van der Waals surface area contributed by atoms with Gasteiger partial charge in [-0.2, -0.15) is 0 Å². The standard InChI is InChI=1S/C18H28N4O2/c23-18(7-1-11-24-13-18)12-21-9-5-16(6-10-21)22(15-2-3-15)17-4-8-19-14-20-17/h4,8,14-16,23H,1-3,5-7,9-13H2. The molecule has 2 saturated heterocycles. The van der Waals surface area contributed by atoms with Gasteiger partial charge in [-0.25, -0.2) is 9.97 Å². The highest BCUT2D eigenvalue weighted by Crippen LogP contribution is 2.35. The van der Waals surface area contributed by atoms with Gasteiger partial charge in [0.2, 0.25) is 0 Å². The lowest BCUT2D eigenvalue weighted by molar-refractivity contribution is -0.102. The summed E-state index contributed by atoms with van der Waals surface area (Å²) in [5.41, 5.74) is -0.645. The van der Waals surface area contributed by atoms with Crippen molar-refractivity contribution in [3.63, 3.8) is 0 Å². The molecule has 1 aromatic rings. The number of aromatic nitrogens is 2. The number of β-amino-alcohol motifs (C(OH)–C–C–N with tert-alkyl or cyclic N) is 1. The summed E-state index contributed by atoms with van der Waals surface area (Å²) < 4.78 is 5.48. The van der Waals surface area contributed by atoms with Gasteiger partial charge in [-0.1, -0.05) is 0 Å². The number of aliphatic hydroxyl groups is 1. The molecule has 1 aromatic heterocycles. The van der Waals surface area contributed by atoms with Crippen molar-refractivity contribution in [3.05, 3.63) is 18.6 Å². The smallest absolute Gasteiger partial charge is 0.132 e. The van der Waals surface area contributed by atoms with E-state index in [0.29, 0.717) is 18.7 Å². The molecule has 0 radical (unpaired) electrons. The van der Waals surface area contributed by atoms with Crippen molar-refractivity contribution >= 4 is 5.82 Å². The first kappa shape index (κ1) is 16.2. The van der Waals surface area contributed by atoms with Gasteiger partial charge in [-0.15, -0.1) is 0 Å². The van der Waals surface area contributed by atoms with Crippen molar-refractivity contribution < 1.29 is 9.84 Å². The van der Waals surface area contributed by atoms with Crippen LogP contribution in [0.2, 0.25) is 0 Å². The molecule has 1 unspecified atom stereocenters. The molecule has 0 bridgehead atoms. The van der Waals surface area contributed by atoms with E-state index in [1.807, 2.05) is 12.3 Å². The molecule has 4 rings (SSSR count). The molecule has 1 N–H and O–H groups in total. The quantitative estimate of drug-likeness (QED) is 0.881. The molecule has 6 heteroatoms. The average molecular weight is 332 g/mol. The summed E-state index contributed by atoms with van der Waals surface area (Å²) in [5, 5.41) is 10.7. The van der Waals surface area contributed by atoms with E-state index in [0.717, 1.165) is 57.7 Å². The van der Waals surface area contributed by atoms with Gasteiger partial charge >= 0.3 is 0 Å². The fourth-order valence-electron chi connectivity index (χ4n) is 4.20. The molecule has 0 spiro atoms. The summed E-state index contributed by atoms with van der Waals surface area (Å²) in [7, 11) is 0. The Hall–Kier alpha value is -1.24. The average Bonchev–Trinajstić information content (AvgIpc) is 3.43. The van der Waals surface area contributed by atoms with Crippen LogP contribution in [0.5, 0.6) is 0 Å². The van der Waals surface area contributed by atoms with Crippen LogP contribution in [-0.2, 0) is 4.74 Å². The van der Waals surface area contributed by atoms with E-state index >= 15 is 0 Å². The monoisotopic (exact) mass is 332 g/mol. The Bertz CT molecular complexity index is 523. The molecule has 6 nitrogen and oxygen atoms in total. The summed E-state index contributed by atoms with van der Waals surface area (Å²) in [4.78, 5) is 13.5. The third-order valence-electron chi connectivity index (χ3n) is 5.54. The summed E-state index contributed by atoms with van der Waals surface area (Å²) >= 11 is 0. The second-order valence-electron chi connectivity index (χ2n) is 7.59. The molecular weight excluding hydrogens is 304 g/mol. The SMILES string of the molecule is OC1(CN2CCC(N(c3ccncn3)C3CC3)CC2)CCCOC1. The summed E-state index contributed by atoms with van der Waals surface area (Å²) in [6, 6.07) is 3.25. The number of likely N-dealkylation sites (tertiary alicyclic amines) is 1. The van der Waals surface area contributed by atoms with Crippen molar-refractivity contribution in [2.75, 3.05) is 37.7 Å². The second kappa shape index (κ2) is 6.94. The van der Waals surface area contributed by atoms with E-state index in [9.17, 15) is 5.11 Å². The topological polar surface area (TPSA) is 61.7 Å². The van der Waals surface area contributed by atoms with Crippen molar-refractivity contribution in [2.45, 2.75) is 56.2 Å². The molecule has 1 aliphatic carbocycles. The lowest BCUT2D eigenvalue weighted by Crippen LogP contribution is -2.53.